The fourth-order valence-corrected chi connectivity index (χ4v) is 3.96. The number of aromatic nitrogens is 1. The average molecular weight is 488 g/mol. The molecule has 1 amide bonds. The van der Waals surface area contributed by atoms with Crippen LogP contribution in [0.25, 0.3) is 21.8 Å². The van der Waals surface area contributed by atoms with Crippen LogP contribution in [0.2, 0.25) is 10.0 Å². The molecule has 0 unspecified atom stereocenters. The van der Waals surface area contributed by atoms with Gasteiger partial charge in [0.2, 0.25) is 0 Å². The highest BCUT2D eigenvalue weighted by atomic mass is 35.5. The highest BCUT2D eigenvalue weighted by molar-refractivity contribution is 6.32. The van der Waals surface area contributed by atoms with E-state index in [1.165, 1.54) is 12.1 Å². The van der Waals surface area contributed by atoms with Crippen molar-refractivity contribution in [2.75, 3.05) is 11.9 Å². The fraction of sp³-hybridized carbons (Fsp3) is 0.240. The Morgan fingerprint density at radius 1 is 1.03 bits per heavy atom. The van der Waals surface area contributed by atoms with Crippen molar-refractivity contribution in [2.45, 2.75) is 32.8 Å². The van der Waals surface area contributed by atoms with Crippen LogP contribution in [0.5, 0.6) is 0 Å². The normalized spacial score (nSPS) is 11.7. The second-order valence-corrected chi connectivity index (χ2v) is 9.65. The first-order chi connectivity index (χ1) is 15.6. The van der Waals surface area contributed by atoms with E-state index in [1.54, 1.807) is 6.07 Å². The average Bonchev–Trinajstić information content (AvgIpc) is 3.07. The number of hydrogen-bond donors (Lipinski definition) is 3. The molecule has 0 atom stereocenters. The lowest BCUT2D eigenvalue weighted by Crippen LogP contribution is -2.33. The molecule has 1 aromatic heterocycles. The molecule has 0 fully saturated rings. The molecule has 0 spiro atoms. The predicted octanol–water partition coefficient (Wildman–Crippen LogP) is 7.58. The number of carbonyl (C=O) groups is 1. The number of rotatable bonds is 5. The molecule has 172 valence electrons. The Kier molecular flexibility index (Phi) is 6.41. The number of hydrogen-bond acceptors (Lipinski definition) is 3. The Balaban J connectivity index is 1.68. The third-order valence-electron chi connectivity index (χ3n) is 5.02. The number of alkyl carbamates (subject to hydrolysis) is 1. The third kappa shape index (κ3) is 5.52. The molecule has 4 aromatic rings. The van der Waals surface area contributed by atoms with Gasteiger partial charge >= 0.3 is 6.09 Å². The van der Waals surface area contributed by atoms with Gasteiger partial charge in [0.25, 0.3) is 0 Å². The molecule has 33 heavy (non-hydrogen) atoms. The van der Waals surface area contributed by atoms with E-state index < -0.39 is 17.5 Å². The molecule has 3 N–H and O–H groups in total. The summed E-state index contributed by atoms with van der Waals surface area (Å²) >= 11 is 12.1. The van der Waals surface area contributed by atoms with E-state index in [4.69, 9.17) is 27.9 Å². The molecule has 0 saturated heterocycles. The highest BCUT2D eigenvalue weighted by Gasteiger charge is 2.16. The summed E-state index contributed by atoms with van der Waals surface area (Å²) in [5, 5.41) is 8.69. The van der Waals surface area contributed by atoms with E-state index in [-0.39, 0.29) is 5.02 Å². The zero-order valence-electron chi connectivity index (χ0n) is 18.5. The lowest BCUT2D eigenvalue weighted by molar-refractivity contribution is 0.0528. The zero-order valence-corrected chi connectivity index (χ0v) is 20.0. The van der Waals surface area contributed by atoms with Gasteiger partial charge in [-0.2, -0.15) is 0 Å². The van der Waals surface area contributed by atoms with E-state index in [1.807, 2.05) is 51.1 Å². The second kappa shape index (κ2) is 9.12. The van der Waals surface area contributed by atoms with Crippen LogP contribution in [0.4, 0.5) is 20.6 Å². The summed E-state index contributed by atoms with van der Waals surface area (Å²) in [5.74, 6) is -0.497. The molecular weight excluding hydrogens is 464 g/mol. The monoisotopic (exact) mass is 487 g/mol. The Morgan fingerprint density at radius 2 is 1.82 bits per heavy atom. The van der Waals surface area contributed by atoms with Gasteiger partial charge in [-0.05, 0) is 81.3 Å². The molecular formula is C25H24Cl2FN3O2. The van der Waals surface area contributed by atoms with Crippen molar-refractivity contribution < 1.29 is 13.9 Å². The van der Waals surface area contributed by atoms with E-state index >= 15 is 0 Å². The molecule has 3 aromatic carbocycles. The molecule has 0 aliphatic rings. The number of nitrogens with one attached hydrogen (secondary N) is 3. The standard InChI is InChI=1S/C25H24Cl2FN3O2/c1-25(2,3)33-24(32)29-9-8-14-10-17(30-16-5-6-20(27)21(28)13-16)12-19-18-11-15(26)4-7-22(18)31-23(14)19/h4-7,10-13,30-31H,8-9H2,1-3H3,(H,29,32). The van der Waals surface area contributed by atoms with Gasteiger partial charge in [0.1, 0.15) is 11.4 Å². The summed E-state index contributed by atoms with van der Waals surface area (Å²) in [6.07, 6.45) is 0.0916. The minimum absolute atomic E-state index is 0.0659. The van der Waals surface area contributed by atoms with Gasteiger partial charge in [0.15, 0.2) is 0 Å². The van der Waals surface area contributed by atoms with Crippen molar-refractivity contribution in [1.82, 2.24) is 10.3 Å². The molecule has 1 heterocycles. The Bertz CT molecular complexity index is 1350. The Hall–Kier alpha value is -2.96. The van der Waals surface area contributed by atoms with Crippen LogP contribution in [0.15, 0.2) is 48.5 Å². The topological polar surface area (TPSA) is 66.2 Å². The lowest BCUT2D eigenvalue weighted by atomic mass is 10.0. The van der Waals surface area contributed by atoms with Crippen molar-refractivity contribution in [3.8, 4) is 0 Å². The maximum Gasteiger partial charge on any atom is 0.407 e. The molecule has 0 aliphatic heterocycles. The lowest BCUT2D eigenvalue weighted by Gasteiger charge is -2.19. The summed E-state index contributed by atoms with van der Waals surface area (Å²) in [7, 11) is 0. The van der Waals surface area contributed by atoms with Crippen LogP contribution in [0.1, 0.15) is 26.3 Å². The second-order valence-electron chi connectivity index (χ2n) is 8.81. The van der Waals surface area contributed by atoms with Crippen molar-refractivity contribution in [2.24, 2.45) is 0 Å². The number of amides is 1. The number of aromatic amines is 1. The minimum atomic E-state index is -0.564. The summed E-state index contributed by atoms with van der Waals surface area (Å²) in [6, 6.07) is 14.2. The van der Waals surface area contributed by atoms with Gasteiger partial charge in [-0.1, -0.05) is 23.2 Å². The maximum absolute atomic E-state index is 13.9. The molecule has 4 rings (SSSR count). The summed E-state index contributed by atoms with van der Waals surface area (Å²) in [6.45, 7) is 5.85. The Labute approximate surface area is 201 Å². The summed E-state index contributed by atoms with van der Waals surface area (Å²) in [5.41, 5.74) is 3.67. The van der Waals surface area contributed by atoms with Crippen molar-refractivity contribution >= 4 is 62.5 Å². The molecule has 0 bridgehead atoms. The van der Waals surface area contributed by atoms with Gasteiger partial charge in [0, 0.05) is 44.7 Å². The van der Waals surface area contributed by atoms with Gasteiger partial charge < -0.3 is 20.4 Å². The number of H-pyrrole nitrogens is 1. The van der Waals surface area contributed by atoms with Crippen molar-refractivity contribution in [3.05, 3.63) is 70.0 Å². The SMILES string of the molecule is CC(C)(C)OC(=O)NCCc1cc(Nc2ccc(Cl)c(F)c2)cc2c1[nH]c1ccc(Cl)cc12. The maximum atomic E-state index is 13.9. The number of benzene rings is 3. The largest absolute Gasteiger partial charge is 0.444 e. The third-order valence-corrected chi connectivity index (χ3v) is 5.56. The van der Waals surface area contributed by atoms with E-state index in [0.717, 1.165) is 33.1 Å². The van der Waals surface area contributed by atoms with Crippen molar-refractivity contribution in [3.63, 3.8) is 0 Å². The van der Waals surface area contributed by atoms with Crippen molar-refractivity contribution in [1.29, 1.82) is 0 Å². The van der Waals surface area contributed by atoms with Gasteiger partial charge in [-0.3, -0.25) is 0 Å². The summed E-state index contributed by atoms with van der Waals surface area (Å²) in [4.78, 5) is 15.5. The number of ether oxygens (including phenoxy) is 1. The number of halogens is 3. The van der Waals surface area contributed by atoms with Crippen LogP contribution in [-0.4, -0.2) is 23.2 Å². The zero-order chi connectivity index (χ0) is 23.8. The van der Waals surface area contributed by atoms with Gasteiger partial charge in [-0.15, -0.1) is 0 Å². The molecule has 0 saturated carbocycles. The van der Waals surface area contributed by atoms with Gasteiger partial charge in [0.05, 0.1) is 5.02 Å². The molecule has 8 heteroatoms. The van der Waals surface area contributed by atoms with Crippen LogP contribution in [-0.2, 0) is 11.2 Å². The first-order valence-corrected chi connectivity index (χ1v) is 11.3. The molecule has 5 nitrogen and oxygen atoms in total. The van der Waals surface area contributed by atoms with Crippen LogP contribution in [0.3, 0.4) is 0 Å². The van der Waals surface area contributed by atoms with Crippen LogP contribution >= 0.6 is 23.2 Å². The molecule has 0 radical (unpaired) electrons. The highest BCUT2D eigenvalue weighted by Crippen LogP contribution is 2.34. The number of fused-ring (bicyclic) bond motifs is 3. The molecule has 0 aliphatic carbocycles. The van der Waals surface area contributed by atoms with Gasteiger partial charge in [-0.25, -0.2) is 9.18 Å². The number of carbonyl (C=O) groups excluding carboxylic acids is 1. The smallest absolute Gasteiger partial charge is 0.407 e. The predicted molar refractivity (Wildman–Crippen MR) is 133 cm³/mol. The van der Waals surface area contributed by atoms with Crippen LogP contribution < -0.4 is 10.6 Å². The quantitative estimate of drug-likeness (QED) is 0.271. The first kappa shape index (κ1) is 23.2. The van der Waals surface area contributed by atoms with E-state index in [0.29, 0.717) is 23.7 Å². The number of anilines is 2. The Morgan fingerprint density at radius 3 is 2.55 bits per heavy atom. The summed E-state index contributed by atoms with van der Waals surface area (Å²) < 4.78 is 19.3. The van der Waals surface area contributed by atoms with Crippen LogP contribution in [0, 0.1) is 5.82 Å². The van der Waals surface area contributed by atoms with E-state index in [9.17, 15) is 9.18 Å². The minimum Gasteiger partial charge on any atom is -0.444 e. The fourth-order valence-electron chi connectivity index (χ4n) is 3.67. The van der Waals surface area contributed by atoms with E-state index in [2.05, 4.69) is 15.6 Å². The first-order valence-electron chi connectivity index (χ1n) is 10.5.